The van der Waals surface area contributed by atoms with Crippen LogP contribution >= 0.6 is 11.6 Å². The molecule has 1 amide bonds. The number of nitrogens with one attached hydrogen (secondary N) is 1. The van der Waals surface area contributed by atoms with E-state index in [9.17, 15) is 4.79 Å². The fraction of sp³-hybridized carbons (Fsp3) is 0.125. The van der Waals surface area contributed by atoms with Crippen LogP contribution < -0.4 is 5.43 Å². The zero-order chi connectivity index (χ0) is 15.2. The van der Waals surface area contributed by atoms with Gasteiger partial charge >= 0.3 is 0 Å². The highest BCUT2D eigenvalue weighted by Crippen LogP contribution is 2.17. The van der Waals surface area contributed by atoms with Crippen molar-refractivity contribution in [1.82, 2.24) is 5.43 Å². The highest BCUT2D eigenvalue weighted by molar-refractivity contribution is 6.49. The molecule has 1 aromatic carbocycles. The predicted octanol–water partition coefficient (Wildman–Crippen LogP) is 3.89. The van der Waals surface area contributed by atoms with Crippen molar-refractivity contribution in [3.63, 3.8) is 0 Å². The summed E-state index contributed by atoms with van der Waals surface area (Å²) in [5, 5.41) is 4.38. The maximum absolute atomic E-state index is 11.9. The van der Waals surface area contributed by atoms with Crippen LogP contribution in [-0.2, 0) is 0 Å². The Morgan fingerprint density at radius 2 is 2.00 bits per heavy atom. The summed E-state index contributed by atoms with van der Waals surface area (Å²) in [6.07, 6.45) is 3.06. The summed E-state index contributed by atoms with van der Waals surface area (Å²) in [5.41, 5.74) is 3.79. The third-order valence-electron chi connectivity index (χ3n) is 2.80. The Bertz CT molecular complexity index is 688. The molecule has 0 bridgehead atoms. The Balaban J connectivity index is 1.97. The number of carbonyl (C=O) groups is 1. The summed E-state index contributed by atoms with van der Waals surface area (Å²) < 4.78 is 5.29. The Morgan fingerprint density at radius 3 is 2.62 bits per heavy atom. The van der Waals surface area contributed by atoms with Crippen molar-refractivity contribution in [2.75, 3.05) is 0 Å². The molecule has 0 aliphatic rings. The smallest absolute Gasteiger partial charge is 0.274 e. The average Bonchev–Trinajstić information content (AvgIpc) is 2.83. The van der Waals surface area contributed by atoms with Crippen molar-refractivity contribution in [2.45, 2.75) is 13.8 Å². The van der Waals surface area contributed by atoms with Gasteiger partial charge in [0.05, 0.1) is 5.56 Å². The number of allylic oxidation sites excluding steroid dienone is 1. The molecular formula is C16H15ClN2O2. The van der Waals surface area contributed by atoms with Gasteiger partial charge in [0.2, 0.25) is 0 Å². The SMILES string of the molecule is Cc1cc(C(=O)N/N=C\C=C(\Cl)c2ccccc2)c(C)o1. The molecule has 21 heavy (non-hydrogen) atoms. The lowest BCUT2D eigenvalue weighted by Gasteiger charge is -1.97. The highest BCUT2D eigenvalue weighted by Gasteiger charge is 2.12. The van der Waals surface area contributed by atoms with Crippen LogP contribution in [0.3, 0.4) is 0 Å². The van der Waals surface area contributed by atoms with E-state index in [0.717, 1.165) is 5.56 Å². The van der Waals surface area contributed by atoms with E-state index in [1.165, 1.54) is 6.21 Å². The number of benzene rings is 1. The minimum atomic E-state index is -0.315. The number of hydrogen-bond donors (Lipinski definition) is 1. The topological polar surface area (TPSA) is 54.6 Å². The van der Waals surface area contributed by atoms with Gasteiger partial charge in [-0.05, 0) is 31.6 Å². The average molecular weight is 303 g/mol. The number of rotatable bonds is 4. The molecule has 108 valence electrons. The summed E-state index contributed by atoms with van der Waals surface area (Å²) >= 11 is 6.11. The van der Waals surface area contributed by atoms with E-state index in [1.54, 1.807) is 26.0 Å². The van der Waals surface area contributed by atoms with Crippen molar-refractivity contribution >= 4 is 28.8 Å². The Morgan fingerprint density at radius 1 is 1.29 bits per heavy atom. The van der Waals surface area contributed by atoms with Gasteiger partial charge in [0, 0.05) is 11.2 Å². The van der Waals surface area contributed by atoms with Gasteiger partial charge in [-0.15, -0.1) is 0 Å². The largest absolute Gasteiger partial charge is 0.466 e. The molecule has 0 saturated carbocycles. The van der Waals surface area contributed by atoms with Gasteiger partial charge in [-0.3, -0.25) is 4.79 Å². The van der Waals surface area contributed by atoms with Crippen LogP contribution in [0.15, 0.2) is 52.0 Å². The van der Waals surface area contributed by atoms with Gasteiger partial charge in [0.25, 0.3) is 5.91 Å². The van der Waals surface area contributed by atoms with E-state index in [0.29, 0.717) is 22.1 Å². The zero-order valence-corrected chi connectivity index (χ0v) is 12.5. The highest BCUT2D eigenvalue weighted by atomic mass is 35.5. The second kappa shape index (κ2) is 6.90. The van der Waals surface area contributed by atoms with Crippen molar-refractivity contribution in [3.8, 4) is 0 Å². The molecule has 0 unspecified atom stereocenters. The van der Waals surface area contributed by atoms with E-state index in [4.69, 9.17) is 16.0 Å². The molecule has 2 rings (SSSR count). The van der Waals surface area contributed by atoms with Gasteiger partial charge < -0.3 is 4.42 Å². The second-order valence-electron chi connectivity index (χ2n) is 4.43. The molecule has 0 radical (unpaired) electrons. The number of halogens is 1. The standard InChI is InChI=1S/C16H15ClN2O2/c1-11-10-14(12(2)21-11)16(20)19-18-9-8-15(17)13-6-4-3-5-7-13/h3-10H,1-2H3,(H,19,20)/b15-8+,18-9-. The van der Waals surface area contributed by atoms with E-state index in [-0.39, 0.29) is 5.91 Å². The Labute approximate surface area is 128 Å². The monoisotopic (exact) mass is 302 g/mol. The first-order valence-electron chi connectivity index (χ1n) is 6.39. The molecule has 1 aromatic heterocycles. The minimum absolute atomic E-state index is 0.315. The van der Waals surface area contributed by atoms with Crippen LogP contribution in [0, 0.1) is 13.8 Å². The molecule has 0 saturated heterocycles. The van der Waals surface area contributed by atoms with Crippen molar-refractivity contribution in [1.29, 1.82) is 0 Å². The molecule has 2 aromatic rings. The van der Waals surface area contributed by atoms with Crippen molar-refractivity contribution in [2.24, 2.45) is 5.10 Å². The summed E-state index contributed by atoms with van der Waals surface area (Å²) in [6, 6.07) is 11.2. The zero-order valence-electron chi connectivity index (χ0n) is 11.8. The van der Waals surface area contributed by atoms with Crippen LogP contribution in [-0.4, -0.2) is 12.1 Å². The number of hydrogen-bond acceptors (Lipinski definition) is 3. The molecule has 0 aliphatic carbocycles. The molecule has 5 heteroatoms. The van der Waals surface area contributed by atoms with Gasteiger partial charge in [-0.25, -0.2) is 5.43 Å². The maximum atomic E-state index is 11.9. The molecule has 1 N–H and O–H groups in total. The molecule has 4 nitrogen and oxygen atoms in total. The van der Waals surface area contributed by atoms with Crippen LogP contribution in [0.25, 0.3) is 5.03 Å². The first kappa shape index (κ1) is 15.1. The normalized spacial score (nSPS) is 11.9. The van der Waals surface area contributed by atoms with Gasteiger partial charge in [-0.2, -0.15) is 5.10 Å². The number of aryl methyl sites for hydroxylation is 2. The van der Waals surface area contributed by atoms with Gasteiger partial charge in [0.1, 0.15) is 11.5 Å². The number of nitrogens with zero attached hydrogens (tertiary/aromatic N) is 1. The minimum Gasteiger partial charge on any atom is -0.466 e. The number of carbonyl (C=O) groups excluding carboxylic acids is 1. The first-order valence-corrected chi connectivity index (χ1v) is 6.77. The molecule has 0 atom stereocenters. The summed E-state index contributed by atoms with van der Waals surface area (Å²) in [4.78, 5) is 11.9. The van der Waals surface area contributed by atoms with Crippen LogP contribution in [0.4, 0.5) is 0 Å². The fourth-order valence-electron chi connectivity index (χ4n) is 1.81. The van der Waals surface area contributed by atoms with E-state index < -0.39 is 0 Å². The van der Waals surface area contributed by atoms with E-state index in [1.807, 2.05) is 30.3 Å². The summed E-state index contributed by atoms with van der Waals surface area (Å²) in [5.74, 6) is 0.941. The van der Waals surface area contributed by atoms with Crippen LogP contribution in [0.5, 0.6) is 0 Å². The van der Waals surface area contributed by atoms with Gasteiger partial charge in [-0.1, -0.05) is 41.9 Å². The van der Waals surface area contributed by atoms with Crippen molar-refractivity contribution in [3.05, 3.63) is 65.1 Å². The van der Waals surface area contributed by atoms with Crippen LogP contribution in [0.2, 0.25) is 0 Å². The number of furan rings is 1. The predicted molar refractivity (Wildman–Crippen MR) is 84.4 cm³/mol. The lowest BCUT2D eigenvalue weighted by Crippen LogP contribution is -2.17. The molecule has 0 fully saturated rings. The lowest BCUT2D eigenvalue weighted by atomic mass is 10.2. The number of amides is 1. The third kappa shape index (κ3) is 4.07. The lowest BCUT2D eigenvalue weighted by molar-refractivity contribution is 0.0953. The summed E-state index contributed by atoms with van der Waals surface area (Å²) in [7, 11) is 0. The van der Waals surface area contributed by atoms with E-state index in [2.05, 4.69) is 10.5 Å². The first-order chi connectivity index (χ1) is 10.1. The molecule has 0 aliphatic heterocycles. The van der Waals surface area contributed by atoms with E-state index >= 15 is 0 Å². The molecule has 1 heterocycles. The second-order valence-corrected chi connectivity index (χ2v) is 4.83. The van der Waals surface area contributed by atoms with Crippen LogP contribution in [0.1, 0.15) is 27.4 Å². The Hall–Kier alpha value is -2.33. The Kier molecular flexibility index (Phi) is 4.95. The quantitative estimate of drug-likeness (QED) is 0.688. The number of hydrazone groups is 1. The maximum Gasteiger partial charge on any atom is 0.274 e. The molecule has 0 spiro atoms. The summed E-state index contributed by atoms with van der Waals surface area (Å²) in [6.45, 7) is 3.52. The third-order valence-corrected chi connectivity index (χ3v) is 3.14. The fourth-order valence-corrected chi connectivity index (χ4v) is 1.99. The molecular weight excluding hydrogens is 288 g/mol. The van der Waals surface area contributed by atoms with Crippen molar-refractivity contribution < 1.29 is 9.21 Å². The van der Waals surface area contributed by atoms with Gasteiger partial charge in [0.15, 0.2) is 0 Å².